The molecule has 2 aromatic rings. The van der Waals surface area contributed by atoms with Crippen molar-refractivity contribution in [2.24, 2.45) is 0 Å². The largest absolute Gasteiger partial charge is 0.508 e. The van der Waals surface area contributed by atoms with Gasteiger partial charge in [0.25, 0.3) is 0 Å². The number of benzene rings is 1. The number of rotatable bonds is 4. The number of aromatic nitrogens is 2. The molecule has 1 heterocycles. The maximum Gasteiger partial charge on any atom is 0.122 e. The fourth-order valence-corrected chi connectivity index (χ4v) is 1.86. The zero-order valence-corrected chi connectivity index (χ0v) is 10.0. The summed E-state index contributed by atoms with van der Waals surface area (Å²) in [5, 5.41) is 12.9. The molecule has 0 fully saturated rings. The topological polar surface area (TPSA) is 60.9 Å². The van der Waals surface area contributed by atoms with Crippen molar-refractivity contribution < 1.29 is 5.11 Å². The normalized spacial score (nSPS) is 14.5. The van der Waals surface area contributed by atoms with E-state index in [1.807, 2.05) is 18.3 Å². The molecule has 0 saturated carbocycles. The van der Waals surface area contributed by atoms with Crippen molar-refractivity contribution in [1.82, 2.24) is 15.3 Å². The lowest BCUT2D eigenvalue weighted by atomic mass is 10.1. The van der Waals surface area contributed by atoms with Crippen LogP contribution in [0.4, 0.5) is 0 Å². The van der Waals surface area contributed by atoms with Crippen LogP contribution in [-0.2, 0) is 0 Å². The Morgan fingerprint density at radius 3 is 2.76 bits per heavy atom. The van der Waals surface area contributed by atoms with Gasteiger partial charge in [0.15, 0.2) is 0 Å². The first kappa shape index (κ1) is 11.7. The van der Waals surface area contributed by atoms with Crippen molar-refractivity contribution in [3.63, 3.8) is 0 Å². The van der Waals surface area contributed by atoms with E-state index in [0.717, 1.165) is 11.4 Å². The van der Waals surface area contributed by atoms with E-state index in [4.69, 9.17) is 0 Å². The van der Waals surface area contributed by atoms with Crippen LogP contribution in [0.1, 0.15) is 37.3 Å². The maximum atomic E-state index is 9.43. The molecule has 0 bridgehead atoms. The first-order valence-electron chi connectivity index (χ1n) is 5.71. The molecule has 2 atom stereocenters. The minimum absolute atomic E-state index is 0.141. The van der Waals surface area contributed by atoms with Gasteiger partial charge in [-0.05, 0) is 31.5 Å². The molecule has 2 rings (SSSR count). The number of aromatic amines is 1. The van der Waals surface area contributed by atoms with Gasteiger partial charge in [0.05, 0.1) is 6.04 Å². The monoisotopic (exact) mass is 231 g/mol. The molecular weight excluding hydrogens is 214 g/mol. The molecule has 0 aliphatic carbocycles. The second-order valence-corrected chi connectivity index (χ2v) is 4.18. The highest BCUT2D eigenvalue weighted by molar-refractivity contribution is 5.29. The minimum atomic E-state index is 0.141. The van der Waals surface area contributed by atoms with E-state index >= 15 is 0 Å². The van der Waals surface area contributed by atoms with Crippen LogP contribution >= 0.6 is 0 Å². The Morgan fingerprint density at radius 1 is 1.29 bits per heavy atom. The number of imidazole rings is 1. The smallest absolute Gasteiger partial charge is 0.122 e. The van der Waals surface area contributed by atoms with Crippen LogP contribution in [0, 0.1) is 0 Å². The SMILES string of the molecule is CC(NC(C)c1ncc[nH]1)c1cccc(O)c1. The molecule has 0 spiro atoms. The summed E-state index contributed by atoms with van der Waals surface area (Å²) in [6.45, 7) is 4.12. The summed E-state index contributed by atoms with van der Waals surface area (Å²) in [5.41, 5.74) is 1.06. The summed E-state index contributed by atoms with van der Waals surface area (Å²) in [5.74, 6) is 1.21. The van der Waals surface area contributed by atoms with Crippen molar-refractivity contribution in [3.05, 3.63) is 48.0 Å². The molecular formula is C13H17N3O. The Hall–Kier alpha value is -1.81. The van der Waals surface area contributed by atoms with Gasteiger partial charge in [-0.25, -0.2) is 4.98 Å². The fourth-order valence-electron chi connectivity index (χ4n) is 1.86. The Kier molecular flexibility index (Phi) is 3.44. The maximum absolute atomic E-state index is 9.43. The molecule has 4 heteroatoms. The van der Waals surface area contributed by atoms with Gasteiger partial charge in [0, 0.05) is 18.4 Å². The Bertz CT molecular complexity index is 467. The summed E-state index contributed by atoms with van der Waals surface area (Å²) in [4.78, 5) is 7.30. The van der Waals surface area contributed by atoms with Gasteiger partial charge in [-0.15, -0.1) is 0 Å². The molecule has 2 unspecified atom stereocenters. The molecule has 3 N–H and O–H groups in total. The molecule has 0 radical (unpaired) electrons. The average molecular weight is 231 g/mol. The molecule has 90 valence electrons. The van der Waals surface area contributed by atoms with Crippen molar-refractivity contribution in [2.75, 3.05) is 0 Å². The predicted molar refractivity (Wildman–Crippen MR) is 66.7 cm³/mol. The van der Waals surface area contributed by atoms with Crippen LogP contribution in [-0.4, -0.2) is 15.1 Å². The van der Waals surface area contributed by atoms with Crippen LogP contribution < -0.4 is 5.32 Å². The molecule has 0 aliphatic heterocycles. The van der Waals surface area contributed by atoms with Crippen LogP contribution in [0.2, 0.25) is 0 Å². The van der Waals surface area contributed by atoms with Crippen LogP contribution in [0.3, 0.4) is 0 Å². The highest BCUT2D eigenvalue weighted by atomic mass is 16.3. The van der Waals surface area contributed by atoms with E-state index in [9.17, 15) is 5.11 Å². The zero-order chi connectivity index (χ0) is 12.3. The molecule has 1 aromatic carbocycles. The minimum Gasteiger partial charge on any atom is -0.508 e. The molecule has 4 nitrogen and oxygen atoms in total. The van der Waals surface area contributed by atoms with Gasteiger partial charge in [0.2, 0.25) is 0 Å². The third-order valence-electron chi connectivity index (χ3n) is 2.80. The van der Waals surface area contributed by atoms with E-state index in [2.05, 4.69) is 29.1 Å². The summed E-state index contributed by atoms with van der Waals surface area (Å²) in [6.07, 6.45) is 3.55. The van der Waals surface area contributed by atoms with Gasteiger partial charge >= 0.3 is 0 Å². The van der Waals surface area contributed by atoms with E-state index in [0.29, 0.717) is 5.75 Å². The quantitative estimate of drug-likeness (QED) is 0.757. The van der Waals surface area contributed by atoms with Gasteiger partial charge in [0.1, 0.15) is 11.6 Å². The summed E-state index contributed by atoms with van der Waals surface area (Å²) >= 11 is 0. The fraction of sp³-hybridized carbons (Fsp3) is 0.308. The van der Waals surface area contributed by atoms with Crippen LogP contribution in [0.25, 0.3) is 0 Å². The van der Waals surface area contributed by atoms with Crippen molar-refractivity contribution in [1.29, 1.82) is 0 Å². The lowest BCUT2D eigenvalue weighted by molar-refractivity contribution is 0.462. The highest BCUT2D eigenvalue weighted by Gasteiger charge is 2.12. The van der Waals surface area contributed by atoms with Crippen LogP contribution in [0.5, 0.6) is 5.75 Å². The molecule has 0 saturated heterocycles. The van der Waals surface area contributed by atoms with Gasteiger partial charge in [-0.1, -0.05) is 12.1 Å². The Balaban J connectivity index is 2.04. The third-order valence-corrected chi connectivity index (χ3v) is 2.80. The summed E-state index contributed by atoms with van der Waals surface area (Å²) < 4.78 is 0. The molecule has 1 aromatic heterocycles. The van der Waals surface area contributed by atoms with Crippen LogP contribution in [0.15, 0.2) is 36.7 Å². The third kappa shape index (κ3) is 2.85. The number of H-pyrrole nitrogens is 1. The predicted octanol–water partition coefficient (Wildman–Crippen LogP) is 2.53. The van der Waals surface area contributed by atoms with E-state index < -0.39 is 0 Å². The average Bonchev–Trinajstić information content (AvgIpc) is 2.82. The first-order chi connectivity index (χ1) is 8.16. The Labute approximate surface area is 101 Å². The number of hydrogen-bond acceptors (Lipinski definition) is 3. The lowest BCUT2D eigenvalue weighted by Crippen LogP contribution is -2.23. The second-order valence-electron chi connectivity index (χ2n) is 4.18. The zero-order valence-electron chi connectivity index (χ0n) is 10.0. The lowest BCUT2D eigenvalue weighted by Gasteiger charge is -2.19. The number of phenolic OH excluding ortho intramolecular Hbond substituents is 1. The number of nitrogens with zero attached hydrogens (tertiary/aromatic N) is 1. The van der Waals surface area contributed by atoms with E-state index in [1.54, 1.807) is 18.3 Å². The Morgan fingerprint density at radius 2 is 2.12 bits per heavy atom. The van der Waals surface area contributed by atoms with Crippen molar-refractivity contribution in [2.45, 2.75) is 25.9 Å². The molecule has 0 aliphatic rings. The summed E-state index contributed by atoms with van der Waals surface area (Å²) in [6, 6.07) is 7.58. The number of phenols is 1. The van der Waals surface area contributed by atoms with Crippen molar-refractivity contribution >= 4 is 0 Å². The molecule has 17 heavy (non-hydrogen) atoms. The summed E-state index contributed by atoms with van der Waals surface area (Å²) in [7, 11) is 0. The van der Waals surface area contributed by atoms with Crippen molar-refractivity contribution in [3.8, 4) is 5.75 Å². The first-order valence-corrected chi connectivity index (χ1v) is 5.71. The van der Waals surface area contributed by atoms with E-state index in [1.165, 1.54) is 0 Å². The number of hydrogen-bond donors (Lipinski definition) is 3. The second kappa shape index (κ2) is 5.01. The highest BCUT2D eigenvalue weighted by Crippen LogP contribution is 2.20. The van der Waals surface area contributed by atoms with E-state index in [-0.39, 0.29) is 12.1 Å². The number of aromatic hydroxyl groups is 1. The molecule has 0 amide bonds. The van der Waals surface area contributed by atoms with Gasteiger partial charge in [-0.2, -0.15) is 0 Å². The van der Waals surface area contributed by atoms with Gasteiger partial charge < -0.3 is 15.4 Å². The standard InChI is InChI=1S/C13H17N3O/c1-9(11-4-3-5-12(17)8-11)16-10(2)13-14-6-7-15-13/h3-10,16-17H,1-2H3,(H,14,15). The van der Waals surface area contributed by atoms with Gasteiger partial charge in [-0.3, -0.25) is 0 Å². The number of nitrogens with one attached hydrogen (secondary N) is 2.